The van der Waals surface area contributed by atoms with E-state index in [1.807, 2.05) is 25.3 Å². The molecular weight excluding hydrogens is 334 g/mol. The number of aryl methyl sites for hydroxylation is 1. The molecule has 0 atom stereocenters. The Hall–Kier alpha value is -2.02. The second-order valence-electron chi connectivity index (χ2n) is 6.95. The van der Waals surface area contributed by atoms with Crippen LogP contribution < -0.4 is 10.6 Å². The molecule has 6 nitrogen and oxygen atoms in total. The van der Waals surface area contributed by atoms with E-state index in [1.54, 1.807) is 0 Å². The lowest BCUT2D eigenvalue weighted by molar-refractivity contribution is -0.119. The Balaban J connectivity index is 1.95. The van der Waals surface area contributed by atoms with E-state index in [2.05, 4.69) is 58.9 Å². The summed E-state index contributed by atoms with van der Waals surface area (Å²) in [5.41, 5.74) is 2.06. The summed E-state index contributed by atoms with van der Waals surface area (Å²) >= 11 is 1.41. The van der Waals surface area contributed by atoms with Gasteiger partial charge in [-0.05, 0) is 46.8 Å². The molecule has 0 radical (unpaired) electrons. The van der Waals surface area contributed by atoms with Crippen LogP contribution in [0.15, 0.2) is 29.4 Å². The zero-order valence-corrected chi connectivity index (χ0v) is 16.4. The maximum absolute atomic E-state index is 12.0. The van der Waals surface area contributed by atoms with Crippen molar-refractivity contribution in [2.75, 3.05) is 11.1 Å². The van der Waals surface area contributed by atoms with Gasteiger partial charge < -0.3 is 15.2 Å². The van der Waals surface area contributed by atoms with Crippen LogP contribution in [0.25, 0.3) is 0 Å². The van der Waals surface area contributed by atoms with E-state index in [1.165, 1.54) is 17.3 Å². The molecule has 0 aliphatic rings. The Kier molecular flexibility index (Phi) is 6.47. The molecule has 0 spiro atoms. The predicted octanol–water partition coefficient (Wildman–Crippen LogP) is 3.23. The Morgan fingerprint density at radius 1 is 1.20 bits per heavy atom. The topological polar surface area (TPSA) is 71.8 Å². The summed E-state index contributed by atoms with van der Waals surface area (Å²) in [4.78, 5) is 12.0. The smallest absolute Gasteiger partial charge is 0.230 e. The van der Waals surface area contributed by atoms with Crippen molar-refractivity contribution >= 4 is 23.4 Å². The first-order chi connectivity index (χ1) is 11.8. The van der Waals surface area contributed by atoms with Crippen LogP contribution in [0.4, 0.5) is 5.69 Å². The second-order valence-corrected chi connectivity index (χ2v) is 7.89. The molecule has 2 rings (SSSR count). The van der Waals surface area contributed by atoms with Gasteiger partial charge in [-0.3, -0.25) is 4.79 Å². The summed E-state index contributed by atoms with van der Waals surface area (Å²) < 4.78 is 2.04. The van der Waals surface area contributed by atoms with E-state index in [0.717, 1.165) is 23.2 Å². The Bertz CT molecular complexity index is 703. The highest BCUT2D eigenvalue weighted by Crippen LogP contribution is 2.18. The van der Waals surface area contributed by atoms with Crippen molar-refractivity contribution in [3.8, 4) is 0 Å². The van der Waals surface area contributed by atoms with Gasteiger partial charge in [0.2, 0.25) is 5.91 Å². The average Bonchev–Trinajstić information content (AvgIpc) is 2.92. The molecule has 0 saturated heterocycles. The number of carbonyl (C=O) groups is 1. The normalized spacial score (nSPS) is 11.4. The third-order valence-corrected chi connectivity index (χ3v) is 4.43. The molecule has 2 aromatic rings. The van der Waals surface area contributed by atoms with Crippen molar-refractivity contribution < 1.29 is 4.79 Å². The molecular formula is C18H27N5OS. The lowest BCUT2D eigenvalue weighted by atomic mass is 10.1. The van der Waals surface area contributed by atoms with Gasteiger partial charge in [-0.15, -0.1) is 10.2 Å². The van der Waals surface area contributed by atoms with Gasteiger partial charge in [-0.1, -0.05) is 29.5 Å². The van der Waals surface area contributed by atoms with Crippen molar-refractivity contribution in [3.05, 3.63) is 35.7 Å². The quantitative estimate of drug-likeness (QED) is 0.741. The number of hydrogen-bond donors (Lipinski definition) is 2. The van der Waals surface area contributed by atoms with Gasteiger partial charge in [0.1, 0.15) is 0 Å². The summed E-state index contributed by atoms with van der Waals surface area (Å²) in [7, 11) is 0. The zero-order chi connectivity index (χ0) is 18.4. The van der Waals surface area contributed by atoms with E-state index in [9.17, 15) is 4.79 Å². The molecule has 1 heterocycles. The van der Waals surface area contributed by atoms with Crippen LogP contribution in [-0.2, 0) is 17.9 Å². The van der Waals surface area contributed by atoms with E-state index < -0.39 is 0 Å². The fraction of sp³-hybridized carbons (Fsp3) is 0.500. The first-order valence-corrected chi connectivity index (χ1v) is 9.43. The van der Waals surface area contributed by atoms with Crippen molar-refractivity contribution in [3.63, 3.8) is 0 Å². The third kappa shape index (κ3) is 6.08. The minimum absolute atomic E-state index is 0.00230. The van der Waals surface area contributed by atoms with Gasteiger partial charge in [0.05, 0.1) is 12.3 Å². The highest BCUT2D eigenvalue weighted by Gasteiger charge is 2.16. The fourth-order valence-electron chi connectivity index (χ4n) is 2.31. The number of nitrogens with zero attached hydrogens (tertiary/aromatic N) is 3. The van der Waals surface area contributed by atoms with E-state index in [4.69, 9.17) is 0 Å². The van der Waals surface area contributed by atoms with Crippen molar-refractivity contribution in [2.24, 2.45) is 0 Å². The van der Waals surface area contributed by atoms with Crippen LogP contribution in [-0.4, -0.2) is 32.0 Å². The van der Waals surface area contributed by atoms with Crippen LogP contribution in [0.5, 0.6) is 0 Å². The van der Waals surface area contributed by atoms with E-state index >= 15 is 0 Å². The van der Waals surface area contributed by atoms with Gasteiger partial charge in [-0.2, -0.15) is 0 Å². The van der Waals surface area contributed by atoms with Crippen LogP contribution in [0, 0.1) is 6.92 Å². The van der Waals surface area contributed by atoms with Gasteiger partial charge in [-0.25, -0.2) is 0 Å². The number of amides is 1. The fourth-order valence-corrected chi connectivity index (χ4v) is 3.13. The molecule has 136 valence electrons. The number of carbonyl (C=O) groups excluding carboxylic acids is 1. The zero-order valence-electron chi connectivity index (χ0n) is 15.6. The number of nitrogens with one attached hydrogen (secondary N) is 2. The standard InChI is InChI=1S/C18H27N5OS/c1-6-23-15(11-19-14-9-7-13(2)8-10-14)21-22-17(23)25-12-16(24)20-18(3,4)5/h7-10,19H,6,11-12H2,1-5H3,(H,20,24). The van der Waals surface area contributed by atoms with Crippen LogP contribution in [0.3, 0.4) is 0 Å². The molecule has 0 bridgehead atoms. The van der Waals surface area contributed by atoms with Crippen LogP contribution >= 0.6 is 11.8 Å². The predicted molar refractivity (Wildman–Crippen MR) is 103 cm³/mol. The summed E-state index contributed by atoms with van der Waals surface area (Å²) in [6, 6.07) is 8.24. The number of thioether (sulfide) groups is 1. The molecule has 25 heavy (non-hydrogen) atoms. The second kappa shape index (κ2) is 8.38. The van der Waals surface area contributed by atoms with Crippen molar-refractivity contribution in [1.82, 2.24) is 20.1 Å². The van der Waals surface area contributed by atoms with Crippen LogP contribution in [0.1, 0.15) is 39.1 Å². The van der Waals surface area contributed by atoms with Gasteiger partial charge >= 0.3 is 0 Å². The lowest BCUT2D eigenvalue weighted by Gasteiger charge is -2.20. The number of anilines is 1. The molecule has 1 aromatic carbocycles. The van der Waals surface area contributed by atoms with Crippen molar-refractivity contribution in [1.29, 1.82) is 0 Å². The minimum Gasteiger partial charge on any atom is -0.378 e. The van der Waals surface area contributed by atoms with Crippen LogP contribution in [0.2, 0.25) is 0 Å². The highest BCUT2D eigenvalue weighted by atomic mass is 32.2. The Morgan fingerprint density at radius 3 is 2.48 bits per heavy atom. The number of benzene rings is 1. The average molecular weight is 362 g/mol. The largest absolute Gasteiger partial charge is 0.378 e. The molecule has 1 aromatic heterocycles. The molecule has 0 fully saturated rings. The summed E-state index contributed by atoms with van der Waals surface area (Å²) in [6.07, 6.45) is 0. The third-order valence-electron chi connectivity index (χ3n) is 3.46. The highest BCUT2D eigenvalue weighted by molar-refractivity contribution is 7.99. The first kappa shape index (κ1) is 19.3. The molecule has 0 saturated carbocycles. The maximum atomic E-state index is 12.0. The molecule has 0 unspecified atom stereocenters. The molecule has 0 aliphatic carbocycles. The van der Waals surface area contributed by atoms with Gasteiger partial charge in [0.25, 0.3) is 0 Å². The van der Waals surface area contributed by atoms with E-state index in [0.29, 0.717) is 12.3 Å². The SMILES string of the molecule is CCn1c(CNc2ccc(C)cc2)nnc1SCC(=O)NC(C)(C)C. The van der Waals surface area contributed by atoms with E-state index in [-0.39, 0.29) is 11.4 Å². The molecule has 7 heteroatoms. The molecule has 2 N–H and O–H groups in total. The Morgan fingerprint density at radius 2 is 1.88 bits per heavy atom. The number of rotatable bonds is 7. The lowest BCUT2D eigenvalue weighted by Crippen LogP contribution is -2.41. The Labute approximate surface area is 153 Å². The first-order valence-electron chi connectivity index (χ1n) is 8.45. The van der Waals surface area contributed by atoms with Gasteiger partial charge in [0, 0.05) is 17.8 Å². The number of aromatic nitrogens is 3. The number of hydrogen-bond acceptors (Lipinski definition) is 5. The monoisotopic (exact) mass is 361 g/mol. The van der Waals surface area contributed by atoms with Gasteiger partial charge in [0.15, 0.2) is 11.0 Å². The summed E-state index contributed by atoms with van der Waals surface area (Å²) in [6.45, 7) is 11.4. The van der Waals surface area contributed by atoms with Crippen molar-refractivity contribution in [2.45, 2.75) is 58.4 Å². The molecule has 1 amide bonds. The maximum Gasteiger partial charge on any atom is 0.230 e. The summed E-state index contributed by atoms with van der Waals surface area (Å²) in [5, 5.41) is 15.6. The molecule has 0 aliphatic heterocycles. The summed E-state index contributed by atoms with van der Waals surface area (Å²) in [5.74, 6) is 1.20. The minimum atomic E-state index is -0.223.